The summed E-state index contributed by atoms with van der Waals surface area (Å²) in [5, 5.41) is 0. The van der Waals surface area contributed by atoms with Gasteiger partial charge >= 0.3 is 0 Å². The number of halogens is 1. The Hall–Kier alpha value is -2.73. The molecule has 0 bridgehead atoms. The van der Waals surface area contributed by atoms with Gasteiger partial charge in [-0.2, -0.15) is 0 Å². The second-order valence-corrected chi connectivity index (χ2v) is 8.28. The fraction of sp³-hybridized carbons (Fsp3) is 0.417. The topological polar surface area (TPSA) is 49.2 Å². The Bertz CT molecular complexity index is 1070. The van der Waals surface area contributed by atoms with E-state index in [2.05, 4.69) is 21.7 Å². The lowest BCUT2D eigenvalue weighted by molar-refractivity contribution is 0.140. The smallest absolute Gasteiger partial charge is 0.165 e. The molecule has 156 valence electrons. The molecule has 0 N–H and O–H groups in total. The molecule has 0 unspecified atom stereocenters. The molecule has 6 heteroatoms. The van der Waals surface area contributed by atoms with Crippen molar-refractivity contribution in [2.24, 2.45) is 5.92 Å². The largest absolute Gasteiger partial charge is 0.490 e. The van der Waals surface area contributed by atoms with Crippen LogP contribution in [0.1, 0.15) is 29.9 Å². The van der Waals surface area contributed by atoms with Crippen molar-refractivity contribution in [3.8, 4) is 28.4 Å². The maximum absolute atomic E-state index is 14.3. The highest BCUT2D eigenvalue weighted by atomic mass is 19.1. The molecule has 1 saturated carbocycles. The van der Waals surface area contributed by atoms with Crippen molar-refractivity contribution in [1.29, 1.82) is 0 Å². The van der Waals surface area contributed by atoms with Gasteiger partial charge in [0.1, 0.15) is 5.82 Å². The lowest BCUT2D eigenvalue weighted by Gasteiger charge is -2.11. The molecule has 1 aromatic carbocycles. The van der Waals surface area contributed by atoms with Crippen LogP contribution in [0.2, 0.25) is 0 Å². The Morgan fingerprint density at radius 3 is 2.63 bits per heavy atom. The van der Waals surface area contributed by atoms with Gasteiger partial charge in [0.2, 0.25) is 0 Å². The van der Waals surface area contributed by atoms with E-state index in [1.807, 2.05) is 13.8 Å². The van der Waals surface area contributed by atoms with E-state index in [0.717, 1.165) is 52.7 Å². The maximum Gasteiger partial charge on any atom is 0.165 e. The summed E-state index contributed by atoms with van der Waals surface area (Å²) in [5.74, 6) is 1.37. The first-order valence-corrected chi connectivity index (χ1v) is 10.6. The minimum atomic E-state index is -0.328. The fourth-order valence-electron chi connectivity index (χ4n) is 4.08. The zero-order chi connectivity index (χ0) is 20.7. The standard InChI is InChI=1S/C24H26FN3O2/c1-15-11-19(12-16(2)26-15)23-21-7-9-29-10-8-28(21)24(27-23)18-5-6-20(25)22(13-18)30-14-17-3-4-17/h5-6,11-13,17H,3-4,7-10,14H2,1-2H3. The molecular formula is C24H26FN3O2. The van der Waals surface area contributed by atoms with E-state index in [-0.39, 0.29) is 5.82 Å². The summed E-state index contributed by atoms with van der Waals surface area (Å²) < 4.78 is 28.1. The Morgan fingerprint density at radius 2 is 1.87 bits per heavy atom. The van der Waals surface area contributed by atoms with E-state index in [1.54, 1.807) is 12.1 Å². The van der Waals surface area contributed by atoms with E-state index >= 15 is 0 Å². The molecule has 5 nitrogen and oxygen atoms in total. The first kappa shape index (κ1) is 19.2. The van der Waals surface area contributed by atoms with E-state index in [4.69, 9.17) is 14.5 Å². The summed E-state index contributed by atoms with van der Waals surface area (Å²) in [5.41, 5.74) is 5.96. The monoisotopic (exact) mass is 407 g/mol. The SMILES string of the molecule is Cc1cc(-c2nc(-c3ccc(F)c(OCC4CC4)c3)n3c2CCOCC3)cc(C)n1. The molecular weight excluding hydrogens is 381 g/mol. The quantitative estimate of drug-likeness (QED) is 0.614. The summed E-state index contributed by atoms with van der Waals surface area (Å²) in [6, 6.07) is 9.19. The number of benzene rings is 1. The average Bonchev–Trinajstić information content (AvgIpc) is 3.51. The molecule has 0 atom stereocenters. The Kier molecular flexibility index (Phi) is 5.03. The van der Waals surface area contributed by atoms with Crippen molar-refractivity contribution in [3.05, 3.63) is 53.2 Å². The first-order chi connectivity index (χ1) is 14.6. The normalized spacial score (nSPS) is 16.2. The van der Waals surface area contributed by atoms with Crippen LogP contribution in [0.25, 0.3) is 22.6 Å². The summed E-state index contributed by atoms with van der Waals surface area (Å²) >= 11 is 0. The van der Waals surface area contributed by atoms with Gasteiger partial charge in [0.05, 0.1) is 25.5 Å². The van der Waals surface area contributed by atoms with Crippen LogP contribution in [0, 0.1) is 25.6 Å². The average molecular weight is 407 g/mol. The minimum absolute atomic E-state index is 0.304. The molecule has 2 aliphatic rings. The molecule has 0 saturated heterocycles. The highest BCUT2D eigenvalue weighted by Gasteiger charge is 2.24. The van der Waals surface area contributed by atoms with E-state index in [9.17, 15) is 4.39 Å². The number of aryl methyl sites for hydroxylation is 2. The Morgan fingerprint density at radius 1 is 1.07 bits per heavy atom. The summed E-state index contributed by atoms with van der Waals surface area (Å²) in [6.45, 7) is 6.60. The lowest BCUT2D eigenvalue weighted by atomic mass is 10.1. The van der Waals surface area contributed by atoms with Crippen LogP contribution in [0.15, 0.2) is 30.3 Å². The summed E-state index contributed by atoms with van der Waals surface area (Å²) in [6.07, 6.45) is 3.13. The molecule has 3 heterocycles. The number of imidazole rings is 1. The molecule has 2 aromatic heterocycles. The van der Waals surface area contributed by atoms with Gasteiger partial charge in [0.15, 0.2) is 11.6 Å². The van der Waals surface area contributed by atoms with Crippen molar-refractivity contribution in [3.63, 3.8) is 0 Å². The van der Waals surface area contributed by atoms with Crippen molar-refractivity contribution < 1.29 is 13.9 Å². The van der Waals surface area contributed by atoms with Crippen molar-refractivity contribution in [2.75, 3.05) is 19.8 Å². The number of hydrogen-bond donors (Lipinski definition) is 0. The zero-order valence-electron chi connectivity index (χ0n) is 17.4. The van der Waals surface area contributed by atoms with Crippen LogP contribution in [-0.4, -0.2) is 34.4 Å². The van der Waals surface area contributed by atoms with Gasteiger partial charge in [-0.1, -0.05) is 0 Å². The molecule has 1 aliphatic heterocycles. The fourth-order valence-corrected chi connectivity index (χ4v) is 4.08. The highest BCUT2D eigenvalue weighted by Crippen LogP contribution is 2.35. The van der Waals surface area contributed by atoms with Crippen LogP contribution in [0.5, 0.6) is 5.75 Å². The van der Waals surface area contributed by atoms with Gasteiger partial charge in [-0.15, -0.1) is 0 Å². The van der Waals surface area contributed by atoms with Gasteiger partial charge in [-0.3, -0.25) is 4.98 Å². The number of aromatic nitrogens is 3. The van der Waals surface area contributed by atoms with Gasteiger partial charge in [-0.25, -0.2) is 9.37 Å². The first-order valence-electron chi connectivity index (χ1n) is 10.6. The predicted octanol–water partition coefficient (Wildman–Crippen LogP) is 4.73. The number of rotatable bonds is 5. The van der Waals surface area contributed by atoms with Crippen LogP contribution in [-0.2, 0) is 17.7 Å². The minimum Gasteiger partial charge on any atom is -0.490 e. The van der Waals surface area contributed by atoms with Gasteiger partial charge in [0.25, 0.3) is 0 Å². The molecule has 0 amide bonds. The Balaban J connectivity index is 1.60. The maximum atomic E-state index is 14.3. The van der Waals surface area contributed by atoms with Gasteiger partial charge < -0.3 is 14.0 Å². The van der Waals surface area contributed by atoms with Gasteiger partial charge in [0, 0.05) is 41.2 Å². The molecule has 3 aromatic rings. The van der Waals surface area contributed by atoms with Crippen LogP contribution < -0.4 is 4.74 Å². The predicted molar refractivity (Wildman–Crippen MR) is 113 cm³/mol. The molecule has 30 heavy (non-hydrogen) atoms. The third kappa shape index (κ3) is 3.84. The number of hydrogen-bond acceptors (Lipinski definition) is 4. The third-order valence-corrected chi connectivity index (χ3v) is 5.73. The lowest BCUT2D eigenvalue weighted by Crippen LogP contribution is -2.06. The number of ether oxygens (including phenoxy) is 2. The third-order valence-electron chi connectivity index (χ3n) is 5.73. The van der Waals surface area contributed by atoms with Gasteiger partial charge in [-0.05, 0) is 62.9 Å². The molecule has 1 aliphatic carbocycles. The second kappa shape index (κ2) is 7.84. The van der Waals surface area contributed by atoms with E-state index in [1.165, 1.54) is 18.9 Å². The number of pyridine rings is 1. The molecule has 0 radical (unpaired) electrons. The zero-order valence-corrected chi connectivity index (χ0v) is 17.4. The van der Waals surface area contributed by atoms with E-state index < -0.39 is 0 Å². The number of fused-ring (bicyclic) bond motifs is 1. The summed E-state index contributed by atoms with van der Waals surface area (Å²) in [7, 11) is 0. The highest BCUT2D eigenvalue weighted by molar-refractivity contribution is 5.69. The van der Waals surface area contributed by atoms with Crippen molar-refractivity contribution in [1.82, 2.24) is 14.5 Å². The molecule has 5 rings (SSSR count). The Labute approximate surface area is 175 Å². The number of nitrogens with zero attached hydrogens (tertiary/aromatic N) is 3. The molecule has 1 fully saturated rings. The van der Waals surface area contributed by atoms with Crippen LogP contribution >= 0.6 is 0 Å². The summed E-state index contributed by atoms with van der Waals surface area (Å²) in [4.78, 5) is 9.54. The van der Waals surface area contributed by atoms with Crippen LogP contribution in [0.3, 0.4) is 0 Å². The van der Waals surface area contributed by atoms with Crippen LogP contribution in [0.4, 0.5) is 4.39 Å². The molecule has 0 spiro atoms. The second-order valence-electron chi connectivity index (χ2n) is 8.28. The van der Waals surface area contributed by atoms with Crippen molar-refractivity contribution in [2.45, 2.75) is 39.7 Å². The van der Waals surface area contributed by atoms with E-state index in [0.29, 0.717) is 31.5 Å². The van der Waals surface area contributed by atoms with Crippen molar-refractivity contribution >= 4 is 0 Å².